The van der Waals surface area contributed by atoms with Gasteiger partial charge < -0.3 is 0 Å². The van der Waals surface area contributed by atoms with Crippen molar-refractivity contribution in [2.75, 3.05) is 0 Å². The molecular formula is C20H15N3O. The monoisotopic (exact) mass is 313 g/mol. The van der Waals surface area contributed by atoms with Crippen LogP contribution in [-0.2, 0) is 0 Å². The Morgan fingerprint density at radius 2 is 1.62 bits per heavy atom. The first-order valence-corrected chi connectivity index (χ1v) is 7.74. The lowest BCUT2D eigenvalue weighted by Gasteiger charge is -2.06. The van der Waals surface area contributed by atoms with Crippen LogP contribution in [0.2, 0.25) is 0 Å². The molecule has 3 aromatic carbocycles. The summed E-state index contributed by atoms with van der Waals surface area (Å²) in [5.74, 6) is 0.565. The van der Waals surface area contributed by atoms with Crippen LogP contribution in [0.1, 0.15) is 11.4 Å². The van der Waals surface area contributed by atoms with E-state index in [0.717, 1.165) is 16.3 Å². The van der Waals surface area contributed by atoms with Crippen molar-refractivity contribution in [3.05, 3.63) is 88.5 Å². The molecule has 1 heterocycles. The van der Waals surface area contributed by atoms with E-state index in [1.165, 1.54) is 4.68 Å². The van der Waals surface area contributed by atoms with Gasteiger partial charge in [0.15, 0.2) is 0 Å². The van der Waals surface area contributed by atoms with E-state index in [0.29, 0.717) is 16.7 Å². The van der Waals surface area contributed by atoms with Crippen LogP contribution in [-0.4, -0.2) is 15.9 Å². The van der Waals surface area contributed by atoms with Crippen LogP contribution in [0.25, 0.3) is 21.7 Å². The molecule has 24 heavy (non-hydrogen) atoms. The van der Waals surface area contributed by atoms with Crippen molar-refractivity contribution in [2.45, 2.75) is 6.92 Å². The van der Waals surface area contributed by atoms with Crippen molar-refractivity contribution < 1.29 is 0 Å². The number of aromatic nitrogens is 2. The standard InChI is InChI=1S/C20H15N3O/c1-14-22-19-12-5-4-11-18(19)20(24)23(14)21-13-16-9-6-8-15-7-2-3-10-17(15)16/h2-13H,1H3/b21-13+. The highest BCUT2D eigenvalue weighted by atomic mass is 16.1. The average molecular weight is 313 g/mol. The predicted octanol–water partition coefficient (Wildman–Crippen LogP) is 3.74. The summed E-state index contributed by atoms with van der Waals surface area (Å²) < 4.78 is 1.35. The zero-order valence-electron chi connectivity index (χ0n) is 13.2. The lowest BCUT2D eigenvalue weighted by atomic mass is 10.1. The molecular weight excluding hydrogens is 298 g/mol. The minimum absolute atomic E-state index is 0.158. The maximum atomic E-state index is 12.6. The maximum Gasteiger partial charge on any atom is 0.282 e. The van der Waals surface area contributed by atoms with Gasteiger partial charge in [0.1, 0.15) is 5.82 Å². The maximum absolute atomic E-state index is 12.6. The molecule has 1 aromatic heterocycles. The van der Waals surface area contributed by atoms with Gasteiger partial charge in [-0.3, -0.25) is 4.79 Å². The second-order valence-electron chi connectivity index (χ2n) is 5.61. The van der Waals surface area contributed by atoms with Gasteiger partial charge in [-0.25, -0.2) is 4.98 Å². The molecule has 0 radical (unpaired) electrons. The van der Waals surface area contributed by atoms with E-state index >= 15 is 0 Å². The van der Waals surface area contributed by atoms with Gasteiger partial charge in [0.2, 0.25) is 0 Å². The first-order valence-electron chi connectivity index (χ1n) is 7.74. The van der Waals surface area contributed by atoms with Gasteiger partial charge in [-0.05, 0) is 29.8 Å². The number of rotatable bonds is 2. The summed E-state index contributed by atoms with van der Waals surface area (Å²) in [5.41, 5.74) is 1.50. The Morgan fingerprint density at radius 1 is 0.917 bits per heavy atom. The number of benzene rings is 3. The molecule has 0 aliphatic rings. The molecule has 4 aromatic rings. The zero-order valence-corrected chi connectivity index (χ0v) is 13.2. The molecule has 4 heteroatoms. The van der Waals surface area contributed by atoms with Crippen LogP contribution >= 0.6 is 0 Å². The first kappa shape index (κ1) is 14.3. The van der Waals surface area contributed by atoms with E-state index in [-0.39, 0.29) is 5.56 Å². The molecule has 116 valence electrons. The van der Waals surface area contributed by atoms with E-state index < -0.39 is 0 Å². The molecule has 0 spiro atoms. The summed E-state index contributed by atoms with van der Waals surface area (Å²) in [5, 5.41) is 7.20. The Bertz CT molecular complexity index is 1140. The van der Waals surface area contributed by atoms with Crippen LogP contribution in [0.3, 0.4) is 0 Å². The smallest absolute Gasteiger partial charge is 0.267 e. The number of para-hydroxylation sites is 1. The third kappa shape index (κ3) is 2.38. The highest BCUT2D eigenvalue weighted by Gasteiger charge is 2.06. The van der Waals surface area contributed by atoms with Gasteiger partial charge in [-0.15, -0.1) is 0 Å². The van der Waals surface area contributed by atoms with Crippen molar-refractivity contribution in [1.29, 1.82) is 0 Å². The number of hydrogen-bond acceptors (Lipinski definition) is 3. The Kier molecular flexibility index (Phi) is 3.43. The molecule has 0 saturated carbocycles. The Balaban J connectivity index is 1.87. The van der Waals surface area contributed by atoms with E-state index in [1.807, 2.05) is 48.5 Å². The number of hydrogen-bond donors (Lipinski definition) is 0. The fourth-order valence-electron chi connectivity index (χ4n) is 2.85. The Hall–Kier alpha value is -3.27. The van der Waals surface area contributed by atoms with Gasteiger partial charge in [0.25, 0.3) is 5.56 Å². The minimum Gasteiger partial charge on any atom is -0.267 e. The topological polar surface area (TPSA) is 47.2 Å². The molecule has 0 fully saturated rings. The van der Waals surface area contributed by atoms with Crippen LogP contribution in [0.15, 0.2) is 76.6 Å². The normalized spacial score (nSPS) is 11.5. The molecule has 0 N–H and O–H groups in total. The first-order chi connectivity index (χ1) is 11.7. The third-order valence-electron chi connectivity index (χ3n) is 4.05. The highest BCUT2D eigenvalue weighted by Crippen LogP contribution is 2.17. The third-order valence-corrected chi connectivity index (χ3v) is 4.05. The fourth-order valence-corrected chi connectivity index (χ4v) is 2.85. The summed E-state index contributed by atoms with van der Waals surface area (Å²) in [4.78, 5) is 17.1. The summed E-state index contributed by atoms with van der Waals surface area (Å²) in [6.07, 6.45) is 1.72. The lowest BCUT2D eigenvalue weighted by molar-refractivity contribution is 0.771. The van der Waals surface area contributed by atoms with Crippen LogP contribution in [0, 0.1) is 6.92 Å². The second-order valence-corrected chi connectivity index (χ2v) is 5.61. The van der Waals surface area contributed by atoms with Gasteiger partial charge in [-0.2, -0.15) is 9.78 Å². The predicted molar refractivity (Wildman–Crippen MR) is 97.7 cm³/mol. The van der Waals surface area contributed by atoms with Gasteiger partial charge in [0.05, 0.1) is 17.1 Å². The van der Waals surface area contributed by atoms with Crippen molar-refractivity contribution >= 4 is 27.9 Å². The van der Waals surface area contributed by atoms with E-state index in [1.54, 1.807) is 19.2 Å². The summed E-state index contributed by atoms with van der Waals surface area (Å²) >= 11 is 0. The van der Waals surface area contributed by atoms with Gasteiger partial charge in [0, 0.05) is 5.56 Å². The molecule has 0 aliphatic carbocycles. The molecule has 4 rings (SSSR count). The number of nitrogens with zero attached hydrogens (tertiary/aromatic N) is 3. The van der Waals surface area contributed by atoms with Crippen molar-refractivity contribution in [2.24, 2.45) is 5.10 Å². The van der Waals surface area contributed by atoms with Crippen LogP contribution in [0.4, 0.5) is 0 Å². The lowest BCUT2D eigenvalue weighted by Crippen LogP contribution is -2.20. The fraction of sp³-hybridized carbons (Fsp3) is 0.0500. The SMILES string of the molecule is Cc1nc2ccccc2c(=O)n1/N=C/c1cccc2ccccc12. The molecule has 0 atom stereocenters. The molecule has 0 saturated heterocycles. The average Bonchev–Trinajstić information content (AvgIpc) is 2.61. The number of aryl methyl sites for hydroxylation is 1. The van der Waals surface area contributed by atoms with Crippen LogP contribution < -0.4 is 5.56 Å². The van der Waals surface area contributed by atoms with Crippen molar-refractivity contribution in [1.82, 2.24) is 9.66 Å². The number of fused-ring (bicyclic) bond motifs is 2. The van der Waals surface area contributed by atoms with Crippen molar-refractivity contribution in [3.63, 3.8) is 0 Å². The van der Waals surface area contributed by atoms with Crippen LogP contribution in [0.5, 0.6) is 0 Å². The Morgan fingerprint density at radius 3 is 2.50 bits per heavy atom. The molecule has 0 bridgehead atoms. The largest absolute Gasteiger partial charge is 0.282 e. The summed E-state index contributed by atoms with van der Waals surface area (Å²) in [7, 11) is 0. The molecule has 0 unspecified atom stereocenters. The molecule has 0 aliphatic heterocycles. The van der Waals surface area contributed by atoms with Crippen molar-refractivity contribution in [3.8, 4) is 0 Å². The molecule has 4 nitrogen and oxygen atoms in total. The zero-order chi connectivity index (χ0) is 16.5. The highest BCUT2D eigenvalue weighted by molar-refractivity contribution is 5.99. The van der Waals surface area contributed by atoms with E-state index in [9.17, 15) is 4.79 Å². The van der Waals surface area contributed by atoms with E-state index in [2.05, 4.69) is 22.2 Å². The quantitative estimate of drug-likeness (QED) is 0.529. The Labute approximate surface area is 138 Å². The summed E-state index contributed by atoms with van der Waals surface area (Å²) in [6, 6.07) is 21.4. The molecule has 0 amide bonds. The second kappa shape index (κ2) is 5.74. The summed E-state index contributed by atoms with van der Waals surface area (Å²) in [6.45, 7) is 1.79. The van der Waals surface area contributed by atoms with Gasteiger partial charge >= 0.3 is 0 Å². The van der Waals surface area contributed by atoms with Gasteiger partial charge in [-0.1, -0.05) is 54.6 Å². The minimum atomic E-state index is -0.158. The van der Waals surface area contributed by atoms with E-state index in [4.69, 9.17) is 0 Å².